The molecular formula is C21H24BrN3O5. The molecule has 9 heteroatoms. The molecule has 2 rings (SSSR count). The number of esters is 1. The van der Waals surface area contributed by atoms with E-state index in [1.807, 2.05) is 60.4 Å². The van der Waals surface area contributed by atoms with Crippen LogP contribution >= 0.6 is 15.9 Å². The number of hydrogen-bond donors (Lipinski definition) is 1. The van der Waals surface area contributed by atoms with E-state index in [0.717, 1.165) is 26.3 Å². The second-order valence-electron chi connectivity index (χ2n) is 6.39. The highest BCUT2D eigenvalue weighted by Crippen LogP contribution is 2.28. The lowest BCUT2D eigenvalue weighted by atomic mass is 10.2. The highest BCUT2D eigenvalue weighted by molar-refractivity contribution is 9.10. The van der Waals surface area contributed by atoms with Gasteiger partial charge in [0.05, 0.1) is 6.54 Å². The highest BCUT2D eigenvalue weighted by Gasteiger charge is 2.22. The predicted octanol–water partition coefficient (Wildman–Crippen LogP) is 3.34. The first-order valence-corrected chi connectivity index (χ1v) is 10.0. The molecule has 8 nitrogen and oxygen atoms in total. The SMILES string of the molecule is CC(=O)N(CCN(c1ccc(C)cc1)c1cccc(Br)c1)C(=O)OCOC(=O)CN. The van der Waals surface area contributed by atoms with Gasteiger partial charge in [-0.2, -0.15) is 0 Å². The largest absolute Gasteiger partial charge is 0.427 e. The van der Waals surface area contributed by atoms with Crippen molar-refractivity contribution in [2.24, 2.45) is 5.73 Å². The van der Waals surface area contributed by atoms with E-state index in [0.29, 0.717) is 6.54 Å². The van der Waals surface area contributed by atoms with Crippen LogP contribution in [0.25, 0.3) is 0 Å². The number of benzene rings is 2. The van der Waals surface area contributed by atoms with Crippen LogP contribution in [0.1, 0.15) is 12.5 Å². The number of hydrogen-bond acceptors (Lipinski definition) is 7. The molecule has 2 aromatic carbocycles. The van der Waals surface area contributed by atoms with Gasteiger partial charge in [-0.25, -0.2) is 9.69 Å². The van der Waals surface area contributed by atoms with E-state index in [-0.39, 0.29) is 13.1 Å². The van der Waals surface area contributed by atoms with E-state index in [1.165, 1.54) is 6.92 Å². The van der Waals surface area contributed by atoms with Crippen LogP contribution in [-0.2, 0) is 19.1 Å². The molecule has 0 saturated carbocycles. The number of amides is 2. The average molecular weight is 478 g/mol. The molecule has 2 amide bonds. The number of carbonyl (C=O) groups excluding carboxylic acids is 3. The summed E-state index contributed by atoms with van der Waals surface area (Å²) in [5, 5.41) is 0. The van der Waals surface area contributed by atoms with E-state index in [4.69, 9.17) is 10.5 Å². The lowest BCUT2D eigenvalue weighted by Crippen LogP contribution is -2.41. The minimum absolute atomic E-state index is 0.0688. The van der Waals surface area contributed by atoms with Crippen LogP contribution in [0.15, 0.2) is 53.0 Å². The second-order valence-corrected chi connectivity index (χ2v) is 7.30. The standard InChI is InChI=1S/C21H24BrN3O5/c1-15-6-8-18(9-7-15)25(19-5-3-4-17(22)12-19)11-10-24(16(2)26)21(28)30-14-29-20(27)13-23/h3-9,12H,10-11,13-14,23H2,1-2H3. The molecule has 0 aliphatic rings. The minimum Gasteiger partial charge on any atom is -0.427 e. The summed E-state index contributed by atoms with van der Waals surface area (Å²) in [4.78, 5) is 38.3. The molecule has 0 aliphatic heterocycles. The fourth-order valence-electron chi connectivity index (χ4n) is 2.64. The topological polar surface area (TPSA) is 102 Å². The maximum atomic E-state index is 12.3. The molecule has 0 radical (unpaired) electrons. The number of aryl methyl sites for hydroxylation is 1. The lowest BCUT2D eigenvalue weighted by Gasteiger charge is -2.28. The van der Waals surface area contributed by atoms with Crippen molar-refractivity contribution in [2.45, 2.75) is 13.8 Å². The van der Waals surface area contributed by atoms with Gasteiger partial charge in [0.15, 0.2) is 0 Å². The summed E-state index contributed by atoms with van der Waals surface area (Å²) in [6, 6.07) is 15.6. The van der Waals surface area contributed by atoms with E-state index in [2.05, 4.69) is 20.7 Å². The zero-order valence-corrected chi connectivity index (χ0v) is 18.4. The average Bonchev–Trinajstić information content (AvgIpc) is 2.71. The molecule has 30 heavy (non-hydrogen) atoms. The molecule has 2 N–H and O–H groups in total. The predicted molar refractivity (Wildman–Crippen MR) is 116 cm³/mol. The Balaban J connectivity index is 2.15. The summed E-state index contributed by atoms with van der Waals surface area (Å²) < 4.78 is 10.4. The van der Waals surface area contributed by atoms with Gasteiger partial charge >= 0.3 is 12.1 Å². The molecule has 160 valence electrons. The molecule has 0 fully saturated rings. The monoisotopic (exact) mass is 477 g/mol. The van der Waals surface area contributed by atoms with Gasteiger partial charge in [0.2, 0.25) is 12.7 Å². The van der Waals surface area contributed by atoms with Gasteiger partial charge < -0.3 is 20.1 Å². The van der Waals surface area contributed by atoms with Gasteiger partial charge in [0, 0.05) is 35.9 Å². The Morgan fingerprint density at radius 1 is 1.00 bits per heavy atom. The third kappa shape index (κ3) is 6.85. The summed E-state index contributed by atoms with van der Waals surface area (Å²) in [7, 11) is 0. The van der Waals surface area contributed by atoms with Crippen molar-refractivity contribution in [3.05, 3.63) is 58.6 Å². The fraction of sp³-hybridized carbons (Fsp3) is 0.286. The lowest BCUT2D eigenvalue weighted by molar-refractivity contribution is -0.150. The maximum absolute atomic E-state index is 12.3. The smallest absolute Gasteiger partial charge is 0.419 e. The Bertz CT molecular complexity index is 888. The van der Waals surface area contributed by atoms with Crippen molar-refractivity contribution < 1.29 is 23.9 Å². The quantitative estimate of drug-likeness (QED) is 0.459. The Morgan fingerprint density at radius 3 is 2.30 bits per heavy atom. The molecule has 0 bridgehead atoms. The Kier molecular flexibility index (Phi) is 8.82. The van der Waals surface area contributed by atoms with Gasteiger partial charge in [-0.15, -0.1) is 0 Å². The van der Waals surface area contributed by atoms with Crippen LogP contribution < -0.4 is 10.6 Å². The molecule has 0 aromatic heterocycles. The highest BCUT2D eigenvalue weighted by atomic mass is 79.9. The first-order chi connectivity index (χ1) is 14.3. The van der Waals surface area contributed by atoms with Gasteiger partial charge in [-0.05, 0) is 37.3 Å². The van der Waals surface area contributed by atoms with Gasteiger partial charge in [0.25, 0.3) is 0 Å². The number of imide groups is 1. The van der Waals surface area contributed by atoms with Crippen molar-refractivity contribution in [3.8, 4) is 0 Å². The first kappa shape index (κ1) is 23.4. The summed E-state index contributed by atoms with van der Waals surface area (Å²) in [6.07, 6.45) is -0.898. The minimum atomic E-state index is -0.898. The van der Waals surface area contributed by atoms with Crippen molar-refractivity contribution in [1.82, 2.24) is 4.90 Å². The summed E-state index contributed by atoms with van der Waals surface area (Å²) >= 11 is 3.47. The van der Waals surface area contributed by atoms with Gasteiger partial charge in [0.1, 0.15) is 0 Å². The van der Waals surface area contributed by atoms with Crippen molar-refractivity contribution in [1.29, 1.82) is 0 Å². The molecule has 0 aliphatic carbocycles. The third-order valence-electron chi connectivity index (χ3n) is 4.18. The van der Waals surface area contributed by atoms with E-state index >= 15 is 0 Å². The van der Waals surface area contributed by atoms with E-state index in [9.17, 15) is 14.4 Å². The van der Waals surface area contributed by atoms with Gasteiger partial charge in [-0.3, -0.25) is 9.59 Å². The number of ether oxygens (including phenoxy) is 2. The molecular weight excluding hydrogens is 454 g/mol. The Morgan fingerprint density at radius 2 is 1.70 bits per heavy atom. The third-order valence-corrected chi connectivity index (χ3v) is 4.68. The zero-order valence-electron chi connectivity index (χ0n) is 16.8. The molecule has 0 heterocycles. The molecule has 2 aromatic rings. The van der Waals surface area contributed by atoms with Crippen LogP contribution in [0.4, 0.5) is 16.2 Å². The molecule has 0 atom stereocenters. The van der Waals surface area contributed by atoms with Crippen molar-refractivity contribution in [2.75, 3.05) is 31.3 Å². The second kappa shape index (κ2) is 11.3. The van der Waals surface area contributed by atoms with Crippen LogP contribution in [-0.4, -0.2) is 49.3 Å². The Hall–Kier alpha value is -2.91. The number of halogens is 1. The van der Waals surface area contributed by atoms with Crippen LogP contribution in [0.3, 0.4) is 0 Å². The van der Waals surface area contributed by atoms with Crippen LogP contribution in [0, 0.1) is 6.92 Å². The van der Waals surface area contributed by atoms with Gasteiger partial charge in [-0.1, -0.05) is 39.7 Å². The number of nitrogens with two attached hydrogens (primary N) is 1. The van der Waals surface area contributed by atoms with Crippen LogP contribution in [0.2, 0.25) is 0 Å². The summed E-state index contributed by atoms with van der Waals surface area (Å²) in [5.74, 6) is -1.19. The number of rotatable bonds is 8. The molecule has 0 unspecified atom stereocenters. The number of carbonyl (C=O) groups is 3. The Labute approximate surface area is 183 Å². The molecule has 0 spiro atoms. The first-order valence-electron chi connectivity index (χ1n) is 9.22. The number of anilines is 2. The normalized spacial score (nSPS) is 10.3. The fourth-order valence-corrected chi connectivity index (χ4v) is 3.02. The molecule has 0 saturated heterocycles. The maximum Gasteiger partial charge on any atom is 0.419 e. The van der Waals surface area contributed by atoms with E-state index in [1.54, 1.807) is 0 Å². The van der Waals surface area contributed by atoms with Crippen molar-refractivity contribution >= 4 is 45.3 Å². The van der Waals surface area contributed by atoms with Crippen molar-refractivity contribution in [3.63, 3.8) is 0 Å². The van der Waals surface area contributed by atoms with E-state index < -0.39 is 24.8 Å². The summed E-state index contributed by atoms with van der Waals surface area (Å²) in [6.45, 7) is 2.73. The zero-order chi connectivity index (χ0) is 22.1. The number of nitrogens with zero attached hydrogens (tertiary/aromatic N) is 2. The van der Waals surface area contributed by atoms with Crippen LogP contribution in [0.5, 0.6) is 0 Å². The summed E-state index contributed by atoms with van der Waals surface area (Å²) in [5.41, 5.74) is 8.04.